The highest BCUT2D eigenvalue weighted by Gasteiger charge is 2.22. The number of rotatable bonds is 5. The number of imidazole rings is 1. The van der Waals surface area contributed by atoms with Crippen LogP contribution in [0.3, 0.4) is 0 Å². The van der Waals surface area contributed by atoms with E-state index in [0.717, 1.165) is 50.8 Å². The maximum atomic E-state index is 4.99. The topological polar surface area (TPSA) is 48.0 Å². The molecule has 0 fully saturated rings. The van der Waals surface area contributed by atoms with E-state index < -0.39 is 0 Å². The summed E-state index contributed by atoms with van der Waals surface area (Å²) >= 11 is 0. The molecule has 0 N–H and O–H groups in total. The van der Waals surface area contributed by atoms with E-state index in [2.05, 4.69) is 134 Å². The summed E-state index contributed by atoms with van der Waals surface area (Å²) in [5.74, 6) is 0. The first-order valence-corrected chi connectivity index (χ1v) is 15.4. The Balaban J connectivity index is 1.32. The summed E-state index contributed by atoms with van der Waals surface area (Å²) in [6, 6.07) is 52.9. The van der Waals surface area contributed by atoms with Crippen LogP contribution in [0.5, 0.6) is 0 Å². The first kappa shape index (κ1) is 26.1. The van der Waals surface area contributed by atoms with Gasteiger partial charge in [-0.25, -0.2) is 4.98 Å². The van der Waals surface area contributed by atoms with Crippen LogP contribution >= 0.6 is 0 Å². The van der Waals surface area contributed by atoms with Gasteiger partial charge in [-0.3, -0.25) is 18.9 Å². The van der Waals surface area contributed by atoms with Gasteiger partial charge in [-0.15, -0.1) is 0 Å². The predicted molar refractivity (Wildman–Crippen MR) is 187 cm³/mol. The van der Waals surface area contributed by atoms with E-state index in [4.69, 9.17) is 4.98 Å². The van der Waals surface area contributed by atoms with Crippen LogP contribution in [0.2, 0.25) is 0 Å². The van der Waals surface area contributed by atoms with E-state index in [1.165, 1.54) is 27.5 Å². The minimum atomic E-state index is 0.810. The lowest BCUT2D eigenvalue weighted by molar-refractivity contribution is 1.15. The van der Waals surface area contributed by atoms with Crippen LogP contribution in [0.25, 0.3) is 78.3 Å². The summed E-state index contributed by atoms with van der Waals surface area (Å²) in [5, 5.41) is 1.21. The third kappa shape index (κ3) is 4.21. The van der Waals surface area contributed by atoms with Crippen molar-refractivity contribution in [2.24, 2.45) is 0 Å². The van der Waals surface area contributed by atoms with Gasteiger partial charge in [-0.1, -0.05) is 78.9 Å². The van der Waals surface area contributed by atoms with Crippen molar-refractivity contribution in [3.63, 3.8) is 0 Å². The maximum absolute atomic E-state index is 4.99. The Hall–Kier alpha value is -6.33. The number of hydrogen-bond acceptors (Lipinski definition) is 3. The third-order valence-electron chi connectivity index (χ3n) is 8.60. The molecule has 0 aliphatic heterocycles. The molecule has 5 heterocycles. The molecule has 0 amide bonds. The van der Waals surface area contributed by atoms with Crippen molar-refractivity contribution in [3.8, 4) is 50.7 Å². The molecule has 9 rings (SSSR count). The van der Waals surface area contributed by atoms with Gasteiger partial charge in [0, 0.05) is 29.0 Å². The fourth-order valence-corrected chi connectivity index (χ4v) is 6.60. The molecule has 0 saturated heterocycles. The molecule has 0 saturated carbocycles. The third-order valence-corrected chi connectivity index (χ3v) is 8.60. The molecule has 0 atom stereocenters. The monoisotopic (exact) mass is 589 g/mol. The quantitative estimate of drug-likeness (QED) is 0.201. The Morgan fingerprint density at radius 1 is 0.413 bits per heavy atom. The van der Waals surface area contributed by atoms with Crippen LogP contribution in [-0.4, -0.2) is 23.9 Å². The van der Waals surface area contributed by atoms with Gasteiger partial charge in [0.15, 0.2) is 0 Å². The second-order valence-corrected chi connectivity index (χ2v) is 11.3. The normalized spacial score (nSPS) is 11.5. The molecule has 5 nitrogen and oxygen atoms in total. The van der Waals surface area contributed by atoms with Crippen LogP contribution in [-0.2, 0) is 0 Å². The molecule has 9 aromatic rings. The van der Waals surface area contributed by atoms with Crippen molar-refractivity contribution in [1.29, 1.82) is 0 Å². The van der Waals surface area contributed by atoms with Crippen LogP contribution < -0.4 is 0 Å². The van der Waals surface area contributed by atoms with Crippen LogP contribution in [0, 0.1) is 0 Å². The van der Waals surface area contributed by atoms with E-state index in [-0.39, 0.29) is 0 Å². The van der Waals surface area contributed by atoms with E-state index in [9.17, 15) is 0 Å². The molecule has 0 radical (unpaired) electrons. The lowest BCUT2D eigenvalue weighted by Crippen LogP contribution is -1.95. The largest absolute Gasteiger partial charge is 0.293 e. The molecule has 0 aliphatic rings. The average Bonchev–Trinajstić information content (AvgIpc) is 3.65. The minimum absolute atomic E-state index is 0.810. The molecule has 4 aromatic carbocycles. The highest BCUT2D eigenvalue weighted by Crippen LogP contribution is 2.42. The van der Waals surface area contributed by atoms with Gasteiger partial charge < -0.3 is 0 Å². The Bertz CT molecular complexity index is 2460. The minimum Gasteiger partial charge on any atom is -0.293 e. The highest BCUT2D eigenvalue weighted by atomic mass is 15.1. The molecule has 0 spiro atoms. The summed E-state index contributed by atoms with van der Waals surface area (Å²) < 4.78 is 4.80. The van der Waals surface area contributed by atoms with Crippen molar-refractivity contribution >= 4 is 27.6 Å². The molecule has 0 unspecified atom stereocenters. The van der Waals surface area contributed by atoms with Crippen LogP contribution in [0.1, 0.15) is 0 Å². The predicted octanol–water partition coefficient (Wildman–Crippen LogP) is 9.89. The van der Waals surface area contributed by atoms with Crippen LogP contribution in [0.4, 0.5) is 0 Å². The Morgan fingerprint density at radius 2 is 1.02 bits per heavy atom. The van der Waals surface area contributed by atoms with E-state index >= 15 is 0 Å². The van der Waals surface area contributed by atoms with Gasteiger partial charge in [0.2, 0.25) is 0 Å². The van der Waals surface area contributed by atoms with Crippen molar-refractivity contribution < 1.29 is 0 Å². The molecule has 0 bridgehead atoms. The zero-order valence-electron chi connectivity index (χ0n) is 24.8. The number of aromatic nitrogens is 5. The van der Waals surface area contributed by atoms with Gasteiger partial charge in [0.25, 0.3) is 0 Å². The Kier molecular flexibility index (Phi) is 6.06. The summed E-state index contributed by atoms with van der Waals surface area (Å²) in [4.78, 5) is 14.2. The van der Waals surface area contributed by atoms with E-state index in [1.807, 2.05) is 36.4 Å². The lowest BCUT2D eigenvalue weighted by atomic mass is 9.97. The zero-order chi connectivity index (χ0) is 30.5. The van der Waals surface area contributed by atoms with Gasteiger partial charge >= 0.3 is 0 Å². The molecule has 0 aliphatic carbocycles. The first-order chi connectivity index (χ1) is 22.8. The summed E-state index contributed by atoms with van der Waals surface area (Å²) in [7, 11) is 0. The second-order valence-electron chi connectivity index (χ2n) is 11.3. The number of para-hydroxylation sites is 4. The average molecular weight is 590 g/mol. The van der Waals surface area contributed by atoms with Gasteiger partial charge in [-0.05, 0) is 89.5 Å². The molecule has 216 valence electrons. The Labute approximate surface area is 265 Å². The molecule has 5 heteroatoms. The summed E-state index contributed by atoms with van der Waals surface area (Å²) in [6.07, 6.45) is 3.61. The number of fused-ring (bicyclic) bond motifs is 5. The smallest absolute Gasteiger partial charge is 0.131 e. The summed E-state index contributed by atoms with van der Waals surface area (Å²) in [5.41, 5.74) is 13.6. The van der Waals surface area contributed by atoms with Crippen molar-refractivity contribution in [2.45, 2.75) is 0 Å². The second kappa shape index (κ2) is 10.7. The van der Waals surface area contributed by atoms with Gasteiger partial charge in [-0.2, -0.15) is 0 Å². The fraction of sp³-hybridized carbons (Fsp3) is 0. The van der Waals surface area contributed by atoms with E-state index in [1.54, 1.807) is 12.4 Å². The molecular weight excluding hydrogens is 562 g/mol. The standard InChI is InChI=1S/C41H27N5/c1-2-15-31(16-3-1)45-38-21-6-7-22-39(38)46-37-20-5-4-17-32(37)40(41(45)46)29-14-12-13-28(25-29)30-26-35(33-18-8-10-23-42-33)44-36(27-30)34-19-9-11-24-43-34/h1-27H. The summed E-state index contributed by atoms with van der Waals surface area (Å²) in [6.45, 7) is 0. The first-order valence-electron chi connectivity index (χ1n) is 15.4. The lowest BCUT2D eigenvalue weighted by Gasteiger charge is -2.12. The number of benzene rings is 4. The molecule has 5 aromatic heterocycles. The number of pyridine rings is 3. The Morgan fingerprint density at radius 3 is 1.72 bits per heavy atom. The molecule has 46 heavy (non-hydrogen) atoms. The van der Waals surface area contributed by atoms with Gasteiger partial charge in [0.1, 0.15) is 5.65 Å². The molecular formula is C41H27N5. The maximum Gasteiger partial charge on any atom is 0.131 e. The van der Waals surface area contributed by atoms with E-state index in [0.29, 0.717) is 0 Å². The number of hydrogen-bond donors (Lipinski definition) is 0. The van der Waals surface area contributed by atoms with Crippen molar-refractivity contribution in [2.75, 3.05) is 0 Å². The fourth-order valence-electron chi connectivity index (χ4n) is 6.60. The van der Waals surface area contributed by atoms with Crippen molar-refractivity contribution in [3.05, 3.63) is 164 Å². The SMILES string of the molecule is c1ccc(-n2c3ccccc3n3c4ccccc4c(-c4cccc(-c5cc(-c6ccccn6)nc(-c6ccccn6)c5)c4)c23)cc1. The van der Waals surface area contributed by atoms with Crippen molar-refractivity contribution in [1.82, 2.24) is 23.9 Å². The zero-order valence-corrected chi connectivity index (χ0v) is 24.8. The highest BCUT2D eigenvalue weighted by molar-refractivity contribution is 6.09. The number of nitrogens with zero attached hydrogens (tertiary/aromatic N) is 5. The van der Waals surface area contributed by atoms with Gasteiger partial charge in [0.05, 0.1) is 39.3 Å². The van der Waals surface area contributed by atoms with Crippen LogP contribution in [0.15, 0.2) is 164 Å².